The van der Waals surface area contributed by atoms with Crippen LogP contribution in [0, 0.1) is 0 Å². The van der Waals surface area contributed by atoms with E-state index in [1.54, 1.807) is 30.3 Å². The van der Waals surface area contributed by atoms with Crippen molar-refractivity contribution in [3.63, 3.8) is 0 Å². The summed E-state index contributed by atoms with van der Waals surface area (Å²) in [5, 5.41) is 8.03. The zero-order chi connectivity index (χ0) is 17.7. The molecule has 0 unspecified atom stereocenters. The molecule has 1 aromatic heterocycles. The highest BCUT2D eigenvalue weighted by Crippen LogP contribution is 2.24. The maximum atomic E-state index is 12.4. The number of anilines is 1. The van der Waals surface area contributed by atoms with E-state index in [0.717, 1.165) is 29.6 Å². The molecule has 128 valence electrons. The van der Waals surface area contributed by atoms with Crippen molar-refractivity contribution in [1.82, 2.24) is 14.7 Å². The van der Waals surface area contributed by atoms with Gasteiger partial charge in [0.05, 0.1) is 5.69 Å². The Labute approximate surface area is 146 Å². The van der Waals surface area contributed by atoms with Crippen LogP contribution in [0.1, 0.15) is 24.6 Å². The topological polar surface area (TPSA) is 67.2 Å². The number of benzene rings is 1. The highest BCUT2D eigenvalue weighted by molar-refractivity contribution is 6.36. The van der Waals surface area contributed by atoms with Gasteiger partial charge >= 0.3 is 11.8 Å². The van der Waals surface area contributed by atoms with Gasteiger partial charge in [-0.15, -0.1) is 5.10 Å². The third-order valence-electron chi connectivity index (χ3n) is 3.47. The lowest BCUT2D eigenvalue weighted by Crippen LogP contribution is -2.34. The minimum Gasteiger partial charge on any atom is -0.369 e. The standard InChI is InChI=1S/C17H21ClN4O2/c1-4-5-10-19-15-11-14(12-6-8-13(18)9-7-12)22(20-15)17(24)16(23)21(2)3/h6-9,11H,4-5,10H2,1-3H3,(H,19,20). The molecule has 0 aliphatic rings. The molecule has 6 nitrogen and oxygen atoms in total. The van der Waals surface area contributed by atoms with E-state index in [0.29, 0.717) is 16.5 Å². The van der Waals surface area contributed by atoms with Gasteiger partial charge in [0.25, 0.3) is 0 Å². The number of carbonyl (C=O) groups is 2. The van der Waals surface area contributed by atoms with Gasteiger partial charge in [-0.3, -0.25) is 9.59 Å². The summed E-state index contributed by atoms with van der Waals surface area (Å²) >= 11 is 5.92. The monoisotopic (exact) mass is 348 g/mol. The number of unbranched alkanes of at least 4 members (excludes halogenated alkanes) is 1. The summed E-state index contributed by atoms with van der Waals surface area (Å²) in [6.45, 7) is 2.85. The van der Waals surface area contributed by atoms with E-state index in [2.05, 4.69) is 17.3 Å². The molecule has 1 amide bonds. The van der Waals surface area contributed by atoms with Crippen molar-refractivity contribution in [1.29, 1.82) is 0 Å². The zero-order valence-electron chi connectivity index (χ0n) is 14.0. The molecule has 0 saturated heterocycles. The number of amides is 1. The van der Waals surface area contributed by atoms with Crippen LogP contribution in [0.5, 0.6) is 0 Å². The minimum absolute atomic E-state index is 0.547. The van der Waals surface area contributed by atoms with Crippen LogP contribution in [-0.2, 0) is 4.79 Å². The zero-order valence-corrected chi connectivity index (χ0v) is 14.8. The molecule has 2 aromatic rings. The van der Waals surface area contributed by atoms with Crippen molar-refractivity contribution in [2.75, 3.05) is 26.0 Å². The van der Waals surface area contributed by atoms with Crippen molar-refractivity contribution in [2.24, 2.45) is 0 Å². The number of likely N-dealkylation sites (N-methyl/N-ethyl adjacent to an activating group) is 1. The maximum Gasteiger partial charge on any atom is 0.336 e. The number of nitrogens with zero attached hydrogens (tertiary/aromatic N) is 3. The van der Waals surface area contributed by atoms with Crippen molar-refractivity contribution in [2.45, 2.75) is 19.8 Å². The van der Waals surface area contributed by atoms with E-state index in [1.807, 2.05) is 0 Å². The Hall–Kier alpha value is -2.34. The number of nitrogens with one attached hydrogen (secondary N) is 1. The molecule has 0 atom stereocenters. The number of hydrogen-bond donors (Lipinski definition) is 1. The Balaban J connectivity index is 2.40. The lowest BCUT2D eigenvalue weighted by atomic mass is 10.1. The molecule has 7 heteroatoms. The second kappa shape index (κ2) is 7.97. The molecule has 1 heterocycles. The molecule has 0 aliphatic heterocycles. The van der Waals surface area contributed by atoms with Crippen molar-refractivity contribution < 1.29 is 9.59 Å². The fraction of sp³-hybridized carbons (Fsp3) is 0.353. The summed E-state index contributed by atoms with van der Waals surface area (Å²) in [6.07, 6.45) is 2.05. The van der Waals surface area contributed by atoms with Crippen LogP contribution in [0.25, 0.3) is 11.3 Å². The first-order chi connectivity index (χ1) is 11.4. The predicted octanol–water partition coefficient (Wildman–Crippen LogP) is 3.14. The molecule has 2 rings (SSSR count). The Morgan fingerprint density at radius 1 is 1.25 bits per heavy atom. The van der Waals surface area contributed by atoms with Crippen LogP contribution in [0.2, 0.25) is 5.02 Å². The van der Waals surface area contributed by atoms with Crippen LogP contribution in [0.3, 0.4) is 0 Å². The number of carbonyl (C=O) groups excluding carboxylic acids is 2. The van der Waals surface area contributed by atoms with E-state index < -0.39 is 11.8 Å². The second-order valence-corrected chi connectivity index (χ2v) is 6.06. The van der Waals surface area contributed by atoms with E-state index in [1.165, 1.54) is 19.0 Å². The normalized spacial score (nSPS) is 10.5. The molecule has 0 radical (unpaired) electrons. The van der Waals surface area contributed by atoms with Crippen LogP contribution >= 0.6 is 11.6 Å². The SMILES string of the molecule is CCCCNc1cc(-c2ccc(Cl)cc2)n(C(=O)C(=O)N(C)C)n1. The average Bonchev–Trinajstić information content (AvgIpc) is 2.98. The Kier molecular flexibility index (Phi) is 5.98. The Morgan fingerprint density at radius 2 is 1.92 bits per heavy atom. The van der Waals surface area contributed by atoms with E-state index in [4.69, 9.17) is 11.6 Å². The number of halogens is 1. The largest absolute Gasteiger partial charge is 0.369 e. The molecule has 0 aliphatic carbocycles. The number of aromatic nitrogens is 2. The Bertz CT molecular complexity index is 723. The molecular weight excluding hydrogens is 328 g/mol. The Morgan fingerprint density at radius 3 is 2.50 bits per heavy atom. The summed E-state index contributed by atoms with van der Waals surface area (Å²) in [7, 11) is 3.07. The number of hydrogen-bond acceptors (Lipinski definition) is 4. The molecule has 1 N–H and O–H groups in total. The van der Waals surface area contributed by atoms with Gasteiger partial charge in [0.15, 0.2) is 0 Å². The van der Waals surface area contributed by atoms with E-state index >= 15 is 0 Å². The minimum atomic E-state index is -0.700. The lowest BCUT2D eigenvalue weighted by Gasteiger charge is -2.10. The summed E-state index contributed by atoms with van der Waals surface area (Å²) in [6, 6.07) is 8.81. The quantitative estimate of drug-likeness (QED) is 0.665. The van der Waals surface area contributed by atoms with Crippen LogP contribution in [0.4, 0.5) is 5.82 Å². The van der Waals surface area contributed by atoms with Crippen LogP contribution < -0.4 is 5.32 Å². The van der Waals surface area contributed by atoms with Gasteiger partial charge in [-0.25, -0.2) is 0 Å². The van der Waals surface area contributed by atoms with Gasteiger partial charge in [-0.05, 0) is 18.6 Å². The molecule has 0 saturated carbocycles. The molecular formula is C17H21ClN4O2. The van der Waals surface area contributed by atoms with Gasteiger partial charge in [0.2, 0.25) is 0 Å². The van der Waals surface area contributed by atoms with Crippen LogP contribution in [0.15, 0.2) is 30.3 Å². The van der Waals surface area contributed by atoms with Gasteiger partial charge in [0, 0.05) is 37.3 Å². The first kappa shape index (κ1) is 18.0. The fourth-order valence-electron chi connectivity index (χ4n) is 2.12. The molecule has 0 spiro atoms. The molecule has 0 bridgehead atoms. The molecule has 1 aromatic carbocycles. The third-order valence-corrected chi connectivity index (χ3v) is 3.72. The first-order valence-electron chi connectivity index (χ1n) is 7.80. The lowest BCUT2D eigenvalue weighted by molar-refractivity contribution is -0.124. The number of rotatable bonds is 5. The highest BCUT2D eigenvalue weighted by atomic mass is 35.5. The van der Waals surface area contributed by atoms with Crippen molar-refractivity contribution in [3.8, 4) is 11.3 Å². The second-order valence-electron chi connectivity index (χ2n) is 5.62. The average molecular weight is 349 g/mol. The maximum absolute atomic E-state index is 12.4. The summed E-state index contributed by atoms with van der Waals surface area (Å²) in [5.74, 6) is -0.768. The molecule has 24 heavy (non-hydrogen) atoms. The molecule has 0 fully saturated rings. The smallest absolute Gasteiger partial charge is 0.336 e. The summed E-state index contributed by atoms with van der Waals surface area (Å²) in [5.41, 5.74) is 1.31. The fourth-order valence-corrected chi connectivity index (χ4v) is 2.25. The van der Waals surface area contributed by atoms with E-state index in [-0.39, 0.29) is 0 Å². The van der Waals surface area contributed by atoms with Gasteiger partial charge < -0.3 is 10.2 Å². The third kappa shape index (κ3) is 4.14. The van der Waals surface area contributed by atoms with Crippen LogP contribution in [-0.4, -0.2) is 47.1 Å². The first-order valence-corrected chi connectivity index (χ1v) is 8.17. The van der Waals surface area contributed by atoms with Crippen molar-refractivity contribution in [3.05, 3.63) is 35.4 Å². The predicted molar refractivity (Wildman–Crippen MR) is 95.4 cm³/mol. The van der Waals surface area contributed by atoms with E-state index in [9.17, 15) is 9.59 Å². The summed E-state index contributed by atoms with van der Waals surface area (Å²) < 4.78 is 1.14. The van der Waals surface area contributed by atoms with Gasteiger partial charge in [0.1, 0.15) is 5.82 Å². The van der Waals surface area contributed by atoms with Crippen molar-refractivity contribution >= 4 is 29.2 Å². The van der Waals surface area contributed by atoms with Gasteiger partial charge in [-0.1, -0.05) is 37.1 Å². The van der Waals surface area contributed by atoms with Gasteiger partial charge in [-0.2, -0.15) is 4.68 Å². The highest BCUT2D eigenvalue weighted by Gasteiger charge is 2.23. The summed E-state index contributed by atoms with van der Waals surface area (Å²) in [4.78, 5) is 25.7.